The van der Waals surface area contributed by atoms with Gasteiger partial charge in [0.25, 0.3) is 13.4 Å². The lowest BCUT2D eigenvalue weighted by Crippen LogP contribution is -2.63. The largest absolute Gasteiger partial charge is 0.458 e. The molecule has 0 spiro atoms. The number of rotatable bonds is 12. The highest BCUT2D eigenvalue weighted by Gasteiger charge is 2.47. The fraction of sp³-hybridized carbons (Fsp3) is 0.0222. The van der Waals surface area contributed by atoms with E-state index in [-0.39, 0.29) is 13.4 Å². The average molecular weight is 1250 g/mol. The van der Waals surface area contributed by atoms with Gasteiger partial charge in [0.15, 0.2) is 0 Å². The lowest BCUT2D eigenvalue weighted by molar-refractivity contribution is 0.466. The zero-order valence-corrected chi connectivity index (χ0v) is 53.7. The number of ether oxygens (including phenoxy) is 2. The minimum Gasteiger partial charge on any atom is -0.458 e. The molecule has 0 radical (unpaired) electrons. The first-order valence-electron chi connectivity index (χ1n) is 33.9. The molecule has 4 aliphatic heterocycles. The molecule has 0 bridgehead atoms. The Morgan fingerprint density at radius 1 is 0.265 bits per heavy atom. The van der Waals surface area contributed by atoms with E-state index in [1.54, 1.807) is 0 Å². The Bertz CT molecular complexity index is 5360. The molecule has 6 nitrogen and oxygen atoms in total. The Hall–Kier alpha value is -12.5. The fourth-order valence-corrected chi connectivity index (χ4v) is 15.7. The smallest absolute Gasteiger partial charge is 0.256 e. The Morgan fingerprint density at radius 3 is 0.990 bits per heavy atom. The van der Waals surface area contributed by atoms with Gasteiger partial charge in [-0.2, -0.15) is 0 Å². The molecule has 0 N–H and O–H groups in total. The highest BCUT2D eigenvalue weighted by molar-refractivity contribution is 7.02. The molecule has 0 fully saturated rings. The van der Waals surface area contributed by atoms with Gasteiger partial charge < -0.3 is 29.1 Å². The Balaban J connectivity index is 0.802. The SMILES string of the molecule is C1=CC(c2ccc(N(c3ccc(-c4ccccc4)cc3)c3cc4c5c(c3)N(c3ccccc3)c3ccccc3B5c3cc5c(cc3O4)Oc3cc(N(c4ccc(-c6ccccc6)cc4)c4ccc(-c6ccccc6)cc4)cc4c3B5c3ccccc3N4c3ccccc3)cc2)=CCC1. The second-order valence-corrected chi connectivity index (χ2v) is 25.8. The summed E-state index contributed by atoms with van der Waals surface area (Å²) in [6.07, 6.45) is 8.99. The van der Waals surface area contributed by atoms with E-state index in [2.05, 4.69) is 371 Å². The number of fused-ring (bicyclic) bond motifs is 8. The summed E-state index contributed by atoms with van der Waals surface area (Å²) in [5.41, 5.74) is 28.7. The molecule has 0 amide bonds. The van der Waals surface area contributed by atoms with Gasteiger partial charge >= 0.3 is 0 Å². The van der Waals surface area contributed by atoms with Gasteiger partial charge in [0.2, 0.25) is 0 Å². The summed E-state index contributed by atoms with van der Waals surface area (Å²) in [6.45, 7) is -0.406. The number of nitrogens with zero attached hydrogens (tertiary/aromatic N) is 4. The monoisotopic (exact) mass is 1250 g/mol. The van der Waals surface area contributed by atoms with Crippen LogP contribution in [0.3, 0.4) is 0 Å². The third-order valence-corrected chi connectivity index (χ3v) is 20.1. The third kappa shape index (κ3) is 9.74. The van der Waals surface area contributed by atoms with Crippen LogP contribution in [0.15, 0.2) is 352 Å². The van der Waals surface area contributed by atoms with Crippen molar-refractivity contribution in [3.8, 4) is 56.4 Å². The van der Waals surface area contributed by atoms with Crippen molar-refractivity contribution >= 4 is 120 Å². The van der Waals surface area contributed by atoms with Crippen molar-refractivity contribution in [1.29, 1.82) is 0 Å². The van der Waals surface area contributed by atoms with Gasteiger partial charge in [0, 0.05) is 75.1 Å². The zero-order chi connectivity index (χ0) is 64.6. The van der Waals surface area contributed by atoms with E-state index in [4.69, 9.17) is 9.47 Å². The molecule has 0 aromatic heterocycles. The molecule has 1 aliphatic carbocycles. The van der Waals surface area contributed by atoms with Gasteiger partial charge in [0.05, 0.1) is 11.4 Å². The maximum Gasteiger partial charge on any atom is 0.256 e. The van der Waals surface area contributed by atoms with E-state index in [0.29, 0.717) is 0 Å². The molecule has 0 atom stereocenters. The standard InChI is InChI=1S/C90H62B2N4O2/c1-7-23-61(24-8-1)65-39-47-71(48-40-65)93(72-49-41-66(42-50-72)62-25-9-2-10-26-62)75-55-83-89-87(57-75)97-85-60-86-80(59-79(85)91(89)77-35-19-21-37-81(77)95(83)69-31-15-5-16-32-69)92-78-36-20-22-38-82(78)96(70-33-17-6-18-34-70)84-56-76(58-88(98-86)90(84)92)94(73-51-43-67(44-52-73)63-27-11-3-12-28-63)74-53-45-68(46-54-74)64-29-13-4-14-30-64/h1-3,5-13,15-60H,4,14H2. The fourth-order valence-electron chi connectivity index (χ4n) is 15.7. The average Bonchev–Trinajstić information content (AvgIpc) is 0.700. The summed E-state index contributed by atoms with van der Waals surface area (Å²) in [5.74, 6) is 3.10. The molecule has 0 saturated heterocycles. The molecule has 4 heterocycles. The first-order valence-corrected chi connectivity index (χ1v) is 33.9. The van der Waals surface area contributed by atoms with Gasteiger partial charge in [-0.3, -0.25) is 0 Å². The quantitative estimate of drug-likeness (QED) is 0.113. The maximum absolute atomic E-state index is 7.66. The Kier molecular flexibility index (Phi) is 13.8. The Labute approximate surface area is 572 Å². The molecule has 14 aromatic rings. The number of allylic oxidation sites excluding steroid dienone is 4. The van der Waals surface area contributed by atoms with Crippen LogP contribution in [0, 0.1) is 0 Å². The molecule has 0 unspecified atom stereocenters. The van der Waals surface area contributed by atoms with Crippen molar-refractivity contribution in [3.05, 3.63) is 357 Å². The van der Waals surface area contributed by atoms with Gasteiger partial charge in [-0.15, -0.1) is 0 Å². The predicted octanol–water partition coefficient (Wildman–Crippen LogP) is 20.2. The van der Waals surface area contributed by atoms with E-state index in [9.17, 15) is 0 Å². The van der Waals surface area contributed by atoms with Crippen molar-refractivity contribution in [2.24, 2.45) is 0 Å². The second-order valence-electron chi connectivity index (χ2n) is 25.8. The lowest BCUT2D eigenvalue weighted by atomic mass is 9.31. The Morgan fingerprint density at radius 2 is 0.612 bits per heavy atom. The number of anilines is 12. The van der Waals surface area contributed by atoms with Crippen molar-refractivity contribution in [2.45, 2.75) is 12.8 Å². The molecule has 14 aromatic carbocycles. The first-order chi connectivity index (χ1) is 48.6. The van der Waals surface area contributed by atoms with Crippen LogP contribution in [0.25, 0.3) is 39.0 Å². The summed E-state index contributed by atoms with van der Waals surface area (Å²) in [4.78, 5) is 9.65. The third-order valence-electron chi connectivity index (χ3n) is 20.1. The summed E-state index contributed by atoms with van der Waals surface area (Å²) in [5, 5.41) is 0. The first kappa shape index (κ1) is 57.0. The molecule has 98 heavy (non-hydrogen) atoms. The van der Waals surface area contributed by atoms with E-state index in [1.165, 1.54) is 38.8 Å². The highest BCUT2D eigenvalue weighted by Crippen LogP contribution is 2.50. The normalized spacial score (nSPS) is 13.3. The van der Waals surface area contributed by atoms with Crippen LogP contribution >= 0.6 is 0 Å². The van der Waals surface area contributed by atoms with Gasteiger partial charge in [-0.1, -0.05) is 237 Å². The number of benzene rings is 14. The number of para-hydroxylation sites is 4. The molecule has 5 aliphatic rings. The summed E-state index contributed by atoms with van der Waals surface area (Å²) in [6, 6.07) is 121. The zero-order valence-electron chi connectivity index (χ0n) is 53.7. The minimum absolute atomic E-state index is 0.202. The lowest BCUT2D eigenvalue weighted by Gasteiger charge is -2.43. The molecular weight excluding hydrogens is 1190 g/mol. The van der Waals surface area contributed by atoms with Gasteiger partial charge in [-0.05, 0) is 187 Å². The van der Waals surface area contributed by atoms with Crippen LogP contribution in [0.4, 0.5) is 68.2 Å². The highest BCUT2D eigenvalue weighted by atomic mass is 16.5. The van der Waals surface area contributed by atoms with Crippen LogP contribution in [0.5, 0.6) is 23.0 Å². The topological polar surface area (TPSA) is 31.4 Å². The van der Waals surface area contributed by atoms with Crippen LogP contribution in [0.1, 0.15) is 18.4 Å². The van der Waals surface area contributed by atoms with Crippen LogP contribution in [-0.4, -0.2) is 13.4 Å². The molecule has 460 valence electrons. The van der Waals surface area contributed by atoms with Gasteiger partial charge in [0.1, 0.15) is 23.0 Å². The van der Waals surface area contributed by atoms with Crippen molar-refractivity contribution in [1.82, 2.24) is 0 Å². The van der Waals surface area contributed by atoms with Gasteiger partial charge in [-0.25, -0.2) is 0 Å². The number of hydrogen-bond acceptors (Lipinski definition) is 6. The second kappa shape index (κ2) is 23.7. The van der Waals surface area contributed by atoms with Crippen LogP contribution in [-0.2, 0) is 0 Å². The summed E-state index contributed by atoms with van der Waals surface area (Å²) in [7, 11) is 0. The number of hydrogen-bond donors (Lipinski definition) is 0. The van der Waals surface area contributed by atoms with Crippen LogP contribution < -0.4 is 61.9 Å². The predicted molar refractivity (Wildman–Crippen MR) is 410 cm³/mol. The van der Waals surface area contributed by atoms with E-state index in [1.807, 2.05) is 0 Å². The van der Waals surface area contributed by atoms with E-state index in [0.717, 1.165) is 143 Å². The van der Waals surface area contributed by atoms with Crippen LogP contribution in [0.2, 0.25) is 0 Å². The van der Waals surface area contributed by atoms with E-state index >= 15 is 0 Å². The van der Waals surface area contributed by atoms with Crippen molar-refractivity contribution in [2.75, 3.05) is 19.6 Å². The van der Waals surface area contributed by atoms with E-state index < -0.39 is 0 Å². The molecule has 0 saturated carbocycles. The summed E-state index contributed by atoms with van der Waals surface area (Å²) >= 11 is 0. The van der Waals surface area contributed by atoms with Crippen molar-refractivity contribution < 1.29 is 9.47 Å². The molecule has 19 rings (SSSR count). The van der Waals surface area contributed by atoms with Crippen molar-refractivity contribution in [3.63, 3.8) is 0 Å². The molecular formula is C90H62B2N4O2. The summed E-state index contributed by atoms with van der Waals surface area (Å²) < 4.78 is 15.3. The minimum atomic E-state index is -0.204. The molecule has 8 heteroatoms. The maximum atomic E-state index is 7.66.